The molecular weight excluding hydrogens is 284 g/mol. The van der Waals surface area contributed by atoms with Gasteiger partial charge >= 0.3 is 5.97 Å². The number of aliphatic carboxylic acids is 1. The molecule has 0 fully saturated rings. The molecule has 1 aromatic carbocycles. The molecule has 0 aliphatic heterocycles. The highest BCUT2D eigenvalue weighted by molar-refractivity contribution is 6.31. The number of hydrogen-bond acceptors (Lipinski definition) is 5. The van der Waals surface area contributed by atoms with Gasteiger partial charge in [0.25, 0.3) is 0 Å². The first-order valence-electron chi connectivity index (χ1n) is 5.77. The maximum atomic E-state index is 10.7. The molecule has 3 aromatic rings. The van der Waals surface area contributed by atoms with E-state index >= 15 is 0 Å². The van der Waals surface area contributed by atoms with Gasteiger partial charge in [-0.3, -0.25) is 4.79 Å². The fourth-order valence-corrected chi connectivity index (χ4v) is 2.19. The summed E-state index contributed by atoms with van der Waals surface area (Å²) < 4.78 is 0. The number of carboxylic acid groups (broad SMARTS) is 1. The van der Waals surface area contributed by atoms with Crippen molar-refractivity contribution in [2.75, 3.05) is 0 Å². The lowest BCUT2D eigenvalue weighted by molar-refractivity contribution is -0.136. The molecule has 0 bridgehead atoms. The maximum absolute atomic E-state index is 10.7. The van der Waals surface area contributed by atoms with Crippen molar-refractivity contribution in [1.29, 1.82) is 0 Å². The molecule has 0 unspecified atom stereocenters. The first-order chi connectivity index (χ1) is 9.63. The van der Waals surface area contributed by atoms with E-state index in [0.717, 1.165) is 5.56 Å². The van der Waals surface area contributed by atoms with Gasteiger partial charge in [0.15, 0.2) is 5.82 Å². The molecule has 8 nitrogen and oxygen atoms in total. The van der Waals surface area contributed by atoms with Crippen molar-refractivity contribution in [3.63, 3.8) is 0 Å². The Balaban J connectivity index is 2.08. The van der Waals surface area contributed by atoms with Crippen molar-refractivity contribution in [2.45, 2.75) is 12.8 Å². The first kappa shape index (κ1) is 12.5. The highest BCUT2D eigenvalue weighted by atomic mass is 35.5. The molecule has 102 valence electrons. The lowest BCUT2D eigenvalue weighted by Crippen LogP contribution is -1.98. The number of nitrogens with zero attached hydrogens (tertiary/aromatic N) is 4. The molecular formula is C11H9ClN6O2. The van der Waals surface area contributed by atoms with Crippen LogP contribution in [0.15, 0.2) is 12.1 Å². The number of hydrogen-bond donors (Lipinski definition) is 3. The maximum Gasteiger partial charge on any atom is 0.303 e. The van der Waals surface area contributed by atoms with E-state index in [0.29, 0.717) is 34.1 Å². The number of halogens is 1. The zero-order chi connectivity index (χ0) is 14.1. The minimum Gasteiger partial charge on any atom is -0.481 e. The molecule has 3 rings (SSSR count). The van der Waals surface area contributed by atoms with E-state index in [1.165, 1.54) is 0 Å². The highest BCUT2D eigenvalue weighted by Crippen LogP contribution is 2.25. The molecule has 2 heterocycles. The van der Waals surface area contributed by atoms with Crippen LogP contribution in [-0.4, -0.2) is 41.7 Å². The summed E-state index contributed by atoms with van der Waals surface area (Å²) in [5, 5.41) is 22.6. The second-order valence-corrected chi connectivity index (χ2v) is 4.63. The van der Waals surface area contributed by atoms with E-state index in [2.05, 4.69) is 30.6 Å². The Hall–Kier alpha value is -2.48. The molecule has 0 spiro atoms. The quantitative estimate of drug-likeness (QED) is 0.668. The molecule has 0 radical (unpaired) electrons. The minimum absolute atomic E-state index is 0.0154. The molecule has 20 heavy (non-hydrogen) atoms. The zero-order valence-corrected chi connectivity index (χ0v) is 10.8. The van der Waals surface area contributed by atoms with Gasteiger partial charge in [0.2, 0.25) is 5.82 Å². The highest BCUT2D eigenvalue weighted by Gasteiger charge is 2.13. The Morgan fingerprint density at radius 1 is 1.35 bits per heavy atom. The van der Waals surface area contributed by atoms with Crippen molar-refractivity contribution in [3.8, 4) is 11.6 Å². The number of aromatic nitrogens is 6. The molecule has 0 saturated carbocycles. The average Bonchev–Trinajstić information content (AvgIpc) is 3.03. The van der Waals surface area contributed by atoms with Crippen LogP contribution in [0.2, 0.25) is 5.02 Å². The van der Waals surface area contributed by atoms with Crippen LogP contribution in [0.3, 0.4) is 0 Å². The normalized spacial score (nSPS) is 11.1. The van der Waals surface area contributed by atoms with Crippen LogP contribution < -0.4 is 0 Å². The third kappa shape index (κ3) is 2.32. The van der Waals surface area contributed by atoms with Crippen LogP contribution in [0, 0.1) is 0 Å². The van der Waals surface area contributed by atoms with Gasteiger partial charge in [-0.2, -0.15) is 0 Å². The zero-order valence-electron chi connectivity index (χ0n) is 10.1. The number of rotatable bonds is 4. The lowest BCUT2D eigenvalue weighted by Gasteiger charge is -2.01. The Kier molecular flexibility index (Phi) is 3.07. The van der Waals surface area contributed by atoms with Gasteiger partial charge in [0, 0.05) is 11.4 Å². The molecule has 0 atom stereocenters. The van der Waals surface area contributed by atoms with Gasteiger partial charge in [0.1, 0.15) is 0 Å². The van der Waals surface area contributed by atoms with Gasteiger partial charge in [0.05, 0.1) is 11.0 Å². The first-order valence-corrected chi connectivity index (χ1v) is 6.15. The number of benzene rings is 1. The number of carbonyl (C=O) groups is 1. The number of tetrazole rings is 1. The van der Waals surface area contributed by atoms with E-state index < -0.39 is 5.97 Å². The fourth-order valence-electron chi connectivity index (χ4n) is 1.95. The Morgan fingerprint density at radius 2 is 2.20 bits per heavy atom. The van der Waals surface area contributed by atoms with Crippen LogP contribution in [-0.2, 0) is 11.2 Å². The van der Waals surface area contributed by atoms with Crippen LogP contribution in [0.5, 0.6) is 0 Å². The summed E-state index contributed by atoms with van der Waals surface area (Å²) in [4.78, 5) is 18.1. The summed E-state index contributed by atoms with van der Waals surface area (Å²) in [6.07, 6.45) is 0.368. The number of carboxylic acids is 1. The lowest BCUT2D eigenvalue weighted by atomic mass is 10.1. The summed E-state index contributed by atoms with van der Waals surface area (Å²) in [5.74, 6) is 0.0127. The molecule has 9 heteroatoms. The van der Waals surface area contributed by atoms with Crippen LogP contribution in [0.1, 0.15) is 12.0 Å². The number of aromatic amines is 2. The Labute approximate surface area is 117 Å². The van der Waals surface area contributed by atoms with E-state index in [1.54, 1.807) is 12.1 Å². The average molecular weight is 293 g/mol. The summed E-state index contributed by atoms with van der Waals surface area (Å²) in [6.45, 7) is 0. The van der Waals surface area contributed by atoms with Gasteiger partial charge in [-0.1, -0.05) is 11.6 Å². The summed E-state index contributed by atoms with van der Waals surface area (Å²) in [7, 11) is 0. The Morgan fingerprint density at radius 3 is 2.90 bits per heavy atom. The predicted molar refractivity (Wildman–Crippen MR) is 70.2 cm³/mol. The van der Waals surface area contributed by atoms with E-state index in [-0.39, 0.29) is 6.42 Å². The van der Waals surface area contributed by atoms with E-state index in [9.17, 15) is 4.79 Å². The molecule has 0 amide bonds. The van der Waals surface area contributed by atoms with Gasteiger partial charge in [-0.05, 0) is 34.5 Å². The fraction of sp³-hybridized carbons (Fsp3) is 0.182. The number of nitrogens with one attached hydrogen (secondary N) is 2. The summed E-state index contributed by atoms with van der Waals surface area (Å²) in [6, 6.07) is 3.44. The van der Waals surface area contributed by atoms with Crippen molar-refractivity contribution in [1.82, 2.24) is 30.6 Å². The standard InChI is InChI=1S/C11H9ClN6O2/c12-6-3-5(1-2-8(19)20)9-7(4-6)13-10(14-9)11-15-17-18-16-11/h3-4H,1-2H2,(H,13,14)(H,19,20)(H,15,16,17,18). The monoisotopic (exact) mass is 292 g/mol. The van der Waals surface area contributed by atoms with Crippen molar-refractivity contribution in [2.24, 2.45) is 0 Å². The van der Waals surface area contributed by atoms with Crippen molar-refractivity contribution >= 4 is 28.6 Å². The number of imidazole rings is 1. The smallest absolute Gasteiger partial charge is 0.303 e. The van der Waals surface area contributed by atoms with Crippen molar-refractivity contribution < 1.29 is 9.90 Å². The SMILES string of the molecule is O=C(O)CCc1cc(Cl)cc2[nH]c(-c3nnn[nH]3)nc12. The molecule has 0 aliphatic rings. The van der Waals surface area contributed by atoms with Crippen LogP contribution in [0.25, 0.3) is 22.7 Å². The molecule has 3 N–H and O–H groups in total. The second-order valence-electron chi connectivity index (χ2n) is 4.19. The number of H-pyrrole nitrogens is 2. The number of fused-ring (bicyclic) bond motifs is 1. The van der Waals surface area contributed by atoms with Gasteiger partial charge in [-0.15, -0.1) is 5.10 Å². The topological polar surface area (TPSA) is 120 Å². The third-order valence-corrected chi connectivity index (χ3v) is 3.03. The second kappa shape index (κ2) is 4.89. The Bertz CT molecular complexity index is 767. The van der Waals surface area contributed by atoms with Gasteiger partial charge < -0.3 is 10.1 Å². The summed E-state index contributed by atoms with van der Waals surface area (Å²) in [5.41, 5.74) is 2.15. The minimum atomic E-state index is -0.867. The van der Waals surface area contributed by atoms with Crippen LogP contribution >= 0.6 is 11.6 Å². The predicted octanol–water partition coefficient (Wildman–Crippen LogP) is 1.41. The molecule has 0 saturated heterocycles. The molecule has 0 aliphatic carbocycles. The number of aryl methyl sites for hydroxylation is 1. The third-order valence-electron chi connectivity index (χ3n) is 2.81. The largest absolute Gasteiger partial charge is 0.481 e. The summed E-state index contributed by atoms with van der Waals surface area (Å²) >= 11 is 6.03. The van der Waals surface area contributed by atoms with Crippen LogP contribution in [0.4, 0.5) is 0 Å². The van der Waals surface area contributed by atoms with Crippen molar-refractivity contribution in [3.05, 3.63) is 22.7 Å². The van der Waals surface area contributed by atoms with E-state index in [1.807, 2.05) is 0 Å². The van der Waals surface area contributed by atoms with Gasteiger partial charge in [-0.25, -0.2) is 10.1 Å². The van der Waals surface area contributed by atoms with E-state index in [4.69, 9.17) is 16.7 Å². The molecule has 2 aromatic heterocycles.